The lowest BCUT2D eigenvalue weighted by Crippen LogP contribution is -2.18. The van der Waals surface area contributed by atoms with Gasteiger partial charge in [-0.1, -0.05) is 18.2 Å². The maximum Gasteiger partial charge on any atom is 0.0482 e. The topological polar surface area (TPSA) is 30.9 Å². The number of aryl methyl sites for hydroxylation is 1. The van der Waals surface area contributed by atoms with Crippen LogP contribution in [-0.4, -0.2) is 10.6 Å². The number of aromatic nitrogens is 1. The molecule has 1 atom stereocenters. The molecule has 2 rings (SSSR count). The van der Waals surface area contributed by atoms with Crippen molar-refractivity contribution < 1.29 is 0 Å². The number of nitrogens with two attached hydrogens (primary N) is 1. The van der Waals surface area contributed by atoms with Crippen molar-refractivity contribution in [2.24, 2.45) is 12.8 Å². The lowest BCUT2D eigenvalue weighted by Gasteiger charge is -2.05. The van der Waals surface area contributed by atoms with Gasteiger partial charge in [-0.05, 0) is 31.9 Å². The van der Waals surface area contributed by atoms with Gasteiger partial charge in [0.15, 0.2) is 0 Å². The van der Waals surface area contributed by atoms with Crippen molar-refractivity contribution in [1.29, 1.82) is 0 Å². The molecule has 2 aromatic rings. The monoisotopic (exact) mass is 202 g/mol. The first-order valence-corrected chi connectivity index (χ1v) is 5.39. The highest BCUT2D eigenvalue weighted by atomic mass is 14.9. The SMILES string of the molecule is Cc1c(CC(C)N)c2ccccc2n1C. The summed E-state index contributed by atoms with van der Waals surface area (Å²) in [6.07, 6.45) is 0.952. The van der Waals surface area contributed by atoms with Crippen LogP contribution < -0.4 is 5.73 Å². The second-order valence-electron chi connectivity index (χ2n) is 4.32. The van der Waals surface area contributed by atoms with Gasteiger partial charge >= 0.3 is 0 Å². The Labute approximate surface area is 90.7 Å². The van der Waals surface area contributed by atoms with Crippen LogP contribution in [0.4, 0.5) is 0 Å². The first kappa shape index (κ1) is 10.2. The van der Waals surface area contributed by atoms with Gasteiger partial charge in [-0.25, -0.2) is 0 Å². The van der Waals surface area contributed by atoms with E-state index < -0.39 is 0 Å². The van der Waals surface area contributed by atoms with Crippen molar-refractivity contribution in [3.63, 3.8) is 0 Å². The van der Waals surface area contributed by atoms with Gasteiger partial charge in [-0.2, -0.15) is 0 Å². The molecule has 0 saturated heterocycles. The quantitative estimate of drug-likeness (QED) is 0.796. The minimum atomic E-state index is 0.217. The summed E-state index contributed by atoms with van der Waals surface area (Å²) >= 11 is 0. The third kappa shape index (κ3) is 1.65. The van der Waals surface area contributed by atoms with Crippen LogP contribution in [0.1, 0.15) is 18.2 Å². The predicted octanol–water partition coefficient (Wildman–Crippen LogP) is 2.38. The normalized spacial score (nSPS) is 13.3. The maximum absolute atomic E-state index is 5.88. The van der Waals surface area contributed by atoms with E-state index in [0.29, 0.717) is 0 Å². The summed E-state index contributed by atoms with van der Waals surface area (Å²) in [4.78, 5) is 0. The van der Waals surface area contributed by atoms with Gasteiger partial charge in [-0.15, -0.1) is 0 Å². The van der Waals surface area contributed by atoms with E-state index in [9.17, 15) is 0 Å². The molecular formula is C13H18N2. The first-order chi connectivity index (χ1) is 7.11. The van der Waals surface area contributed by atoms with Crippen molar-refractivity contribution in [3.8, 4) is 0 Å². The van der Waals surface area contributed by atoms with Crippen LogP contribution in [0.15, 0.2) is 24.3 Å². The molecule has 0 spiro atoms. The number of hydrogen-bond acceptors (Lipinski definition) is 1. The van der Waals surface area contributed by atoms with Crippen LogP contribution in [0.2, 0.25) is 0 Å². The first-order valence-electron chi connectivity index (χ1n) is 5.39. The van der Waals surface area contributed by atoms with Crippen molar-refractivity contribution >= 4 is 10.9 Å². The fourth-order valence-electron chi connectivity index (χ4n) is 2.18. The molecule has 0 aliphatic rings. The molecule has 0 radical (unpaired) electrons. The van der Waals surface area contributed by atoms with Gasteiger partial charge < -0.3 is 10.3 Å². The minimum absolute atomic E-state index is 0.217. The summed E-state index contributed by atoms with van der Waals surface area (Å²) < 4.78 is 2.24. The lowest BCUT2D eigenvalue weighted by atomic mass is 10.0. The summed E-state index contributed by atoms with van der Waals surface area (Å²) in [5.41, 5.74) is 9.90. The zero-order chi connectivity index (χ0) is 11.0. The molecule has 80 valence electrons. The molecule has 2 nitrogen and oxygen atoms in total. The average Bonchev–Trinajstić information content (AvgIpc) is 2.44. The van der Waals surface area contributed by atoms with Gasteiger partial charge in [0.1, 0.15) is 0 Å². The van der Waals surface area contributed by atoms with Crippen molar-refractivity contribution in [1.82, 2.24) is 4.57 Å². The van der Waals surface area contributed by atoms with E-state index >= 15 is 0 Å². The van der Waals surface area contributed by atoms with Crippen LogP contribution in [0.25, 0.3) is 10.9 Å². The molecule has 2 N–H and O–H groups in total. The van der Waals surface area contributed by atoms with E-state index in [0.717, 1.165) is 6.42 Å². The average molecular weight is 202 g/mol. The van der Waals surface area contributed by atoms with E-state index in [1.807, 2.05) is 0 Å². The van der Waals surface area contributed by atoms with Crippen LogP contribution in [-0.2, 0) is 13.5 Å². The fourth-order valence-corrected chi connectivity index (χ4v) is 2.18. The van der Waals surface area contributed by atoms with Crippen molar-refractivity contribution in [3.05, 3.63) is 35.5 Å². The number of para-hydroxylation sites is 1. The van der Waals surface area contributed by atoms with E-state index in [1.165, 1.54) is 22.2 Å². The molecule has 1 aromatic heterocycles. The molecule has 15 heavy (non-hydrogen) atoms. The van der Waals surface area contributed by atoms with E-state index in [-0.39, 0.29) is 6.04 Å². The summed E-state index contributed by atoms with van der Waals surface area (Å²) in [6, 6.07) is 8.73. The van der Waals surface area contributed by atoms with Crippen molar-refractivity contribution in [2.45, 2.75) is 26.3 Å². The molecule has 0 saturated carbocycles. The fraction of sp³-hybridized carbons (Fsp3) is 0.385. The zero-order valence-corrected chi connectivity index (χ0v) is 9.62. The van der Waals surface area contributed by atoms with Crippen molar-refractivity contribution in [2.75, 3.05) is 0 Å². The molecule has 0 bridgehead atoms. The lowest BCUT2D eigenvalue weighted by molar-refractivity contribution is 0.732. The number of benzene rings is 1. The predicted molar refractivity (Wildman–Crippen MR) is 65.0 cm³/mol. The highest BCUT2D eigenvalue weighted by Gasteiger charge is 2.11. The Morgan fingerprint density at radius 1 is 1.33 bits per heavy atom. The number of fused-ring (bicyclic) bond motifs is 1. The molecule has 1 heterocycles. The van der Waals surface area contributed by atoms with E-state index in [4.69, 9.17) is 5.73 Å². The second kappa shape index (κ2) is 3.70. The Hall–Kier alpha value is -1.28. The summed E-state index contributed by atoms with van der Waals surface area (Å²) in [7, 11) is 2.11. The zero-order valence-electron chi connectivity index (χ0n) is 9.62. The maximum atomic E-state index is 5.88. The highest BCUT2D eigenvalue weighted by molar-refractivity contribution is 5.85. The highest BCUT2D eigenvalue weighted by Crippen LogP contribution is 2.25. The largest absolute Gasteiger partial charge is 0.348 e. The number of nitrogens with zero attached hydrogens (tertiary/aromatic N) is 1. The molecular weight excluding hydrogens is 184 g/mol. The van der Waals surface area contributed by atoms with E-state index in [2.05, 4.69) is 49.7 Å². The molecule has 0 amide bonds. The van der Waals surface area contributed by atoms with Crippen LogP contribution in [0.5, 0.6) is 0 Å². The molecule has 0 fully saturated rings. The second-order valence-corrected chi connectivity index (χ2v) is 4.32. The standard InChI is InChI=1S/C13H18N2/c1-9(14)8-12-10(2)15(3)13-7-5-4-6-11(12)13/h4-7,9H,8,14H2,1-3H3. The summed E-state index contributed by atoms with van der Waals surface area (Å²) in [5.74, 6) is 0. The Bertz CT molecular complexity index is 480. The van der Waals surface area contributed by atoms with Crippen LogP contribution in [0, 0.1) is 6.92 Å². The van der Waals surface area contributed by atoms with Gasteiger partial charge in [0, 0.05) is 29.7 Å². The third-order valence-electron chi connectivity index (χ3n) is 3.06. The van der Waals surface area contributed by atoms with Gasteiger partial charge in [0.2, 0.25) is 0 Å². The summed E-state index contributed by atoms with van der Waals surface area (Å²) in [6.45, 7) is 4.22. The molecule has 0 aliphatic carbocycles. The number of rotatable bonds is 2. The molecule has 1 unspecified atom stereocenters. The minimum Gasteiger partial charge on any atom is -0.348 e. The Kier molecular flexibility index (Phi) is 2.53. The third-order valence-corrected chi connectivity index (χ3v) is 3.06. The van der Waals surface area contributed by atoms with Crippen LogP contribution in [0.3, 0.4) is 0 Å². The van der Waals surface area contributed by atoms with Crippen LogP contribution >= 0.6 is 0 Å². The van der Waals surface area contributed by atoms with Gasteiger partial charge in [-0.3, -0.25) is 0 Å². The molecule has 0 aliphatic heterocycles. The smallest absolute Gasteiger partial charge is 0.0482 e. The summed E-state index contributed by atoms with van der Waals surface area (Å²) in [5, 5.41) is 1.34. The molecule has 1 aromatic carbocycles. The molecule has 2 heteroatoms. The van der Waals surface area contributed by atoms with E-state index in [1.54, 1.807) is 0 Å². The Morgan fingerprint density at radius 2 is 2.00 bits per heavy atom. The van der Waals surface area contributed by atoms with Gasteiger partial charge in [0.05, 0.1) is 0 Å². The Balaban J connectivity index is 2.66. The Morgan fingerprint density at radius 3 is 2.67 bits per heavy atom. The van der Waals surface area contributed by atoms with Gasteiger partial charge in [0.25, 0.3) is 0 Å². The number of hydrogen-bond donors (Lipinski definition) is 1.